The molecular weight excluding hydrogens is 234 g/mol. The molecule has 1 atom stereocenters. The minimum atomic E-state index is -0.574. The van der Waals surface area contributed by atoms with Gasteiger partial charge in [-0.25, -0.2) is 0 Å². The number of furan rings is 1. The Bertz CT molecular complexity index is 296. The molecular formula is C9H14BrNO2. The lowest BCUT2D eigenvalue weighted by atomic mass is 10.2. The number of halogens is 1. The monoisotopic (exact) mass is 247 g/mol. The van der Waals surface area contributed by atoms with E-state index in [1.807, 2.05) is 13.8 Å². The summed E-state index contributed by atoms with van der Waals surface area (Å²) in [5.74, 6) is 1.45. The average molecular weight is 248 g/mol. The van der Waals surface area contributed by atoms with Crippen LogP contribution in [-0.4, -0.2) is 18.7 Å². The maximum atomic E-state index is 9.66. The van der Waals surface area contributed by atoms with Gasteiger partial charge in [0.05, 0.1) is 4.47 Å². The smallest absolute Gasteiger partial charge is 0.138 e. The summed E-state index contributed by atoms with van der Waals surface area (Å²) < 4.78 is 6.36. The molecule has 0 aliphatic heterocycles. The van der Waals surface area contributed by atoms with Gasteiger partial charge in [0, 0.05) is 12.1 Å². The zero-order valence-electron chi connectivity index (χ0n) is 8.02. The van der Waals surface area contributed by atoms with Crippen LogP contribution in [0.3, 0.4) is 0 Å². The van der Waals surface area contributed by atoms with Crippen LogP contribution in [0.2, 0.25) is 0 Å². The van der Waals surface area contributed by atoms with E-state index in [0.717, 1.165) is 15.8 Å². The van der Waals surface area contributed by atoms with E-state index in [1.54, 1.807) is 7.05 Å². The summed E-state index contributed by atoms with van der Waals surface area (Å²) >= 11 is 3.39. The Balaban J connectivity index is 2.94. The summed E-state index contributed by atoms with van der Waals surface area (Å²) in [4.78, 5) is 0. The van der Waals surface area contributed by atoms with E-state index in [9.17, 15) is 5.11 Å². The van der Waals surface area contributed by atoms with Gasteiger partial charge in [-0.05, 0) is 36.8 Å². The summed E-state index contributed by atoms with van der Waals surface area (Å²) in [6.45, 7) is 4.29. The summed E-state index contributed by atoms with van der Waals surface area (Å²) in [6, 6.07) is 0. The molecule has 0 fully saturated rings. The highest BCUT2D eigenvalue weighted by Crippen LogP contribution is 2.30. The first-order chi connectivity index (χ1) is 6.07. The van der Waals surface area contributed by atoms with Crippen molar-refractivity contribution < 1.29 is 9.52 Å². The third-order valence-electron chi connectivity index (χ3n) is 1.97. The number of nitrogens with one attached hydrogen (secondary N) is 1. The molecule has 74 valence electrons. The van der Waals surface area contributed by atoms with Gasteiger partial charge in [0.25, 0.3) is 0 Å². The highest BCUT2D eigenvalue weighted by Gasteiger charge is 2.18. The van der Waals surface area contributed by atoms with Gasteiger partial charge in [0.1, 0.15) is 17.6 Å². The minimum Gasteiger partial charge on any atom is -0.462 e. The number of aliphatic hydroxyl groups excluding tert-OH is 1. The molecule has 0 aromatic carbocycles. The van der Waals surface area contributed by atoms with Crippen molar-refractivity contribution in [2.45, 2.75) is 20.0 Å². The Labute approximate surface area is 86.3 Å². The number of rotatable bonds is 3. The molecule has 1 aromatic rings. The van der Waals surface area contributed by atoms with Gasteiger partial charge in [-0.2, -0.15) is 0 Å². The van der Waals surface area contributed by atoms with Crippen molar-refractivity contribution in [3.05, 3.63) is 21.6 Å². The van der Waals surface area contributed by atoms with Crippen molar-refractivity contribution in [3.8, 4) is 0 Å². The fourth-order valence-electron chi connectivity index (χ4n) is 1.26. The maximum absolute atomic E-state index is 9.66. The highest BCUT2D eigenvalue weighted by atomic mass is 79.9. The quantitative estimate of drug-likeness (QED) is 0.858. The maximum Gasteiger partial charge on any atom is 0.138 e. The zero-order valence-corrected chi connectivity index (χ0v) is 9.60. The van der Waals surface area contributed by atoms with Gasteiger partial charge in [0.2, 0.25) is 0 Å². The Morgan fingerprint density at radius 3 is 2.54 bits per heavy atom. The van der Waals surface area contributed by atoms with Crippen molar-refractivity contribution in [2.75, 3.05) is 13.6 Å². The third-order valence-corrected chi connectivity index (χ3v) is 3.12. The summed E-state index contributed by atoms with van der Waals surface area (Å²) in [7, 11) is 1.80. The zero-order chi connectivity index (χ0) is 10.0. The first-order valence-electron chi connectivity index (χ1n) is 4.16. The van der Waals surface area contributed by atoms with Crippen molar-refractivity contribution >= 4 is 15.9 Å². The summed E-state index contributed by atoms with van der Waals surface area (Å²) in [5, 5.41) is 12.6. The molecule has 13 heavy (non-hydrogen) atoms. The number of hydrogen-bond acceptors (Lipinski definition) is 3. The van der Waals surface area contributed by atoms with Gasteiger partial charge in [-0.15, -0.1) is 0 Å². The molecule has 1 heterocycles. The number of aryl methyl sites for hydroxylation is 1. The van der Waals surface area contributed by atoms with E-state index in [-0.39, 0.29) is 0 Å². The molecule has 3 nitrogen and oxygen atoms in total. The molecule has 0 spiro atoms. The van der Waals surface area contributed by atoms with Gasteiger partial charge >= 0.3 is 0 Å². The van der Waals surface area contributed by atoms with Crippen LogP contribution in [0.5, 0.6) is 0 Å². The van der Waals surface area contributed by atoms with E-state index in [0.29, 0.717) is 12.3 Å². The molecule has 1 unspecified atom stereocenters. The van der Waals surface area contributed by atoms with E-state index in [4.69, 9.17) is 4.42 Å². The average Bonchev–Trinajstić information content (AvgIpc) is 2.33. The van der Waals surface area contributed by atoms with Crippen LogP contribution in [0.4, 0.5) is 0 Å². The van der Waals surface area contributed by atoms with E-state index >= 15 is 0 Å². The fraction of sp³-hybridized carbons (Fsp3) is 0.556. The van der Waals surface area contributed by atoms with Crippen LogP contribution in [0.25, 0.3) is 0 Å². The Morgan fingerprint density at radius 1 is 1.54 bits per heavy atom. The normalized spacial score (nSPS) is 13.3. The second-order valence-corrected chi connectivity index (χ2v) is 3.83. The number of likely N-dealkylation sites (N-methyl/N-ethyl adjacent to an activating group) is 1. The predicted molar refractivity (Wildman–Crippen MR) is 54.8 cm³/mol. The van der Waals surface area contributed by atoms with Crippen molar-refractivity contribution in [3.63, 3.8) is 0 Å². The fourth-order valence-corrected chi connectivity index (χ4v) is 1.54. The molecule has 2 N–H and O–H groups in total. The molecule has 0 saturated heterocycles. The van der Waals surface area contributed by atoms with Crippen molar-refractivity contribution in [1.82, 2.24) is 5.32 Å². The second kappa shape index (κ2) is 4.26. The Kier molecular flexibility index (Phi) is 3.53. The lowest BCUT2D eigenvalue weighted by molar-refractivity contribution is 0.148. The van der Waals surface area contributed by atoms with Crippen LogP contribution < -0.4 is 5.32 Å². The summed E-state index contributed by atoms with van der Waals surface area (Å²) in [6.07, 6.45) is -0.574. The first kappa shape index (κ1) is 10.8. The number of aliphatic hydroxyl groups is 1. The predicted octanol–water partition coefficient (Wildman–Crippen LogP) is 1.91. The third kappa shape index (κ3) is 2.13. The van der Waals surface area contributed by atoms with Crippen LogP contribution in [0.1, 0.15) is 23.2 Å². The SMILES string of the molecule is CNCC(O)c1oc(C)c(Br)c1C. The molecule has 0 saturated carbocycles. The molecule has 0 aliphatic rings. The summed E-state index contributed by atoms with van der Waals surface area (Å²) in [5.41, 5.74) is 0.972. The molecule has 1 aromatic heterocycles. The van der Waals surface area contributed by atoms with Crippen molar-refractivity contribution in [1.29, 1.82) is 0 Å². The molecule has 1 rings (SSSR count). The molecule has 0 radical (unpaired) electrons. The van der Waals surface area contributed by atoms with E-state index in [2.05, 4.69) is 21.2 Å². The van der Waals surface area contributed by atoms with Gasteiger partial charge < -0.3 is 14.8 Å². The Hall–Kier alpha value is -0.320. The van der Waals surface area contributed by atoms with Gasteiger partial charge in [-0.1, -0.05) is 0 Å². The number of hydrogen-bond donors (Lipinski definition) is 2. The molecule has 0 aliphatic carbocycles. The molecule has 0 bridgehead atoms. The first-order valence-corrected chi connectivity index (χ1v) is 4.95. The standard InChI is InChI=1S/C9H14BrNO2/c1-5-8(10)6(2)13-9(5)7(12)4-11-3/h7,11-12H,4H2,1-3H3. The lowest BCUT2D eigenvalue weighted by Crippen LogP contribution is -2.16. The van der Waals surface area contributed by atoms with Crippen molar-refractivity contribution in [2.24, 2.45) is 0 Å². The lowest BCUT2D eigenvalue weighted by Gasteiger charge is -2.07. The van der Waals surface area contributed by atoms with Crippen LogP contribution in [-0.2, 0) is 0 Å². The van der Waals surface area contributed by atoms with Crippen LogP contribution >= 0.6 is 15.9 Å². The largest absolute Gasteiger partial charge is 0.462 e. The topological polar surface area (TPSA) is 45.4 Å². The second-order valence-electron chi connectivity index (χ2n) is 3.03. The van der Waals surface area contributed by atoms with E-state index < -0.39 is 6.10 Å². The van der Waals surface area contributed by atoms with Gasteiger partial charge in [0.15, 0.2) is 0 Å². The van der Waals surface area contributed by atoms with E-state index in [1.165, 1.54) is 0 Å². The van der Waals surface area contributed by atoms with Gasteiger partial charge in [-0.3, -0.25) is 0 Å². The highest BCUT2D eigenvalue weighted by molar-refractivity contribution is 9.10. The molecule has 4 heteroatoms. The van der Waals surface area contributed by atoms with Crippen LogP contribution in [0, 0.1) is 13.8 Å². The molecule has 0 amide bonds. The Morgan fingerprint density at radius 2 is 2.15 bits per heavy atom. The van der Waals surface area contributed by atoms with Crippen LogP contribution in [0.15, 0.2) is 8.89 Å². The minimum absolute atomic E-state index is 0.500.